The highest BCUT2D eigenvalue weighted by Gasteiger charge is 2.53. The summed E-state index contributed by atoms with van der Waals surface area (Å²) in [7, 11) is 0. The molecular weight excluding hydrogens is 1170 g/mol. The lowest BCUT2D eigenvalue weighted by Gasteiger charge is -2.48. The second-order valence-corrected chi connectivity index (χ2v) is 25.7. The van der Waals surface area contributed by atoms with Gasteiger partial charge in [0.1, 0.15) is 73.2 Å². The second kappa shape index (κ2) is 53.6. The zero-order valence-electron chi connectivity index (χ0n) is 56.1. The summed E-state index contributed by atoms with van der Waals surface area (Å²) in [6, 6.07) is -0.889. The summed E-state index contributed by atoms with van der Waals surface area (Å²) in [6.45, 7) is 1.70. The molecule has 17 unspecified atom stereocenters. The number of ether oxygens (including phenoxy) is 6. The number of amides is 1. The van der Waals surface area contributed by atoms with Crippen molar-refractivity contribution >= 4 is 5.91 Å². The van der Waals surface area contributed by atoms with Gasteiger partial charge in [-0.15, -0.1) is 0 Å². The van der Waals surface area contributed by atoms with E-state index in [0.29, 0.717) is 12.8 Å². The zero-order chi connectivity index (χ0) is 66.1. The molecule has 0 aromatic heterocycles. The van der Waals surface area contributed by atoms with Crippen LogP contribution in [0, 0.1) is 0 Å². The monoisotopic (exact) mass is 1300 g/mol. The predicted octanol–water partition coefficient (Wildman–Crippen LogP) is 9.94. The highest BCUT2D eigenvalue weighted by Crippen LogP contribution is 2.33. The number of unbranched alkanes of at least 4 members (excludes halogenated alkanes) is 29. The van der Waals surface area contributed by atoms with Gasteiger partial charge in [0, 0.05) is 6.42 Å². The molecular formula is C72H129NO18. The average Bonchev–Trinajstić information content (AvgIpc) is 0.876. The van der Waals surface area contributed by atoms with Gasteiger partial charge >= 0.3 is 0 Å². The van der Waals surface area contributed by atoms with Crippen molar-refractivity contribution in [1.29, 1.82) is 0 Å². The lowest BCUT2D eigenvalue weighted by Crippen LogP contribution is -2.66. The first-order valence-corrected chi connectivity index (χ1v) is 36.0. The van der Waals surface area contributed by atoms with E-state index < -0.39 is 124 Å². The van der Waals surface area contributed by atoms with Crippen molar-refractivity contribution in [3.8, 4) is 0 Å². The fraction of sp³-hybridized carbons (Fsp3) is 0.847. The molecule has 0 radical (unpaired) electrons. The van der Waals surface area contributed by atoms with Crippen LogP contribution in [-0.4, -0.2) is 193 Å². The van der Waals surface area contributed by atoms with Crippen LogP contribution in [-0.2, 0) is 33.2 Å². The van der Waals surface area contributed by atoms with E-state index in [-0.39, 0.29) is 18.9 Å². The number of hydrogen-bond donors (Lipinski definition) is 12. The van der Waals surface area contributed by atoms with Crippen LogP contribution >= 0.6 is 0 Å². The van der Waals surface area contributed by atoms with Crippen molar-refractivity contribution in [3.63, 3.8) is 0 Å². The molecule has 3 aliphatic rings. The Morgan fingerprint density at radius 2 is 0.758 bits per heavy atom. The molecule has 3 heterocycles. The minimum absolute atomic E-state index is 0.243. The highest BCUT2D eigenvalue weighted by molar-refractivity contribution is 5.76. The van der Waals surface area contributed by atoms with E-state index >= 15 is 0 Å². The summed E-state index contributed by atoms with van der Waals surface area (Å²) >= 11 is 0. The Balaban J connectivity index is 1.37. The number of carbonyl (C=O) groups excluding carboxylic acids is 1. The van der Waals surface area contributed by atoms with Gasteiger partial charge in [0.2, 0.25) is 5.91 Å². The third-order valence-electron chi connectivity index (χ3n) is 17.9. The van der Waals surface area contributed by atoms with Gasteiger partial charge in [0.05, 0.1) is 38.6 Å². The molecule has 12 N–H and O–H groups in total. The van der Waals surface area contributed by atoms with Gasteiger partial charge in [-0.3, -0.25) is 4.79 Å². The molecule has 19 nitrogen and oxygen atoms in total. The molecule has 3 fully saturated rings. The standard InChI is InChI=1S/C72H129NO18/c1-3-5-7-9-11-13-15-17-19-20-21-22-23-24-25-26-27-28-29-30-31-32-33-34-36-38-40-42-44-46-48-50-60(78)73-55(56(77)49-47-45-43-41-39-37-35-18-16-14-12-10-8-6-4-2)54-86-70-66(84)63(81)68(58(52-75)88-70)91-72-67(85)64(82)69(59(53-76)89-72)90-71-65(83)62(80)61(79)57(51-74)87-71/h5,7,11,13,17,19,21-22,24-25,55-59,61-72,74-77,79-85H,3-4,6,8-10,12,14-16,18,20,23,26-54H2,1-2H3,(H,73,78)/b7-5-,13-11-,19-17-,22-21-,25-24-. The summed E-state index contributed by atoms with van der Waals surface area (Å²) in [5.41, 5.74) is 0. The number of aliphatic hydroxyl groups is 11. The molecule has 0 saturated carbocycles. The van der Waals surface area contributed by atoms with Crippen LogP contribution in [0.5, 0.6) is 0 Å². The number of rotatable bonds is 55. The SMILES string of the molecule is CC/C=C\C/C=C\C/C=C\C/C=C\C/C=C\CCCCCCCCCCCCCCCCCC(=O)NC(COC1OC(CO)C(OC2OC(CO)C(OC3OC(CO)C(O)C(O)C3O)C(O)C2O)C(O)C1O)C(O)CCCCCCCCCCCCCCCCC. The zero-order valence-corrected chi connectivity index (χ0v) is 56.1. The molecule has 0 aliphatic carbocycles. The molecule has 530 valence electrons. The van der Waals surface area contributed by atoms with E-state index in [1.807, 2.05) is 0 Å². The van der Waals surface area contributed by atoms with E-state index in [4.69, 9.17) is 28.4 Å². The van der Waals surface area contributed by atoms with Crippen molar-refractivity contribution in [3.05, 3.63) is 60.8 Å². The summed E-state index contributed by atoms with van der Waals surface area (Å²) in [4.78, 5) is 13.4. The van der Waals surface area contributed by atoms with E-state index in [2.05, 4.69) is 79.9 Å². The average molecular weight is 1300 g/mol. The van der Waals surface area contributed by atoms with E-state index in [9.17, 15) is 61.0 Å². The van der Waals surface area contributed by atoms with Crippen LogP contribution in [0.25, 0.3) is 0 Å². The first-order chi connectivity index (χ1) is 44.3. The van der Waals surface area contributed by atoms with Crippen molar-refractivity contribution in [2.24, 2.45) is 0 Å². The maximum absolute atomic E-state index is 13.4. The summed E-state index contributed by atoms with van der Waals surface area (Å²) in [5, 5.41) is 121. The van der Waals surface area contributed by atoms with Crippen molar-refractivity contribution in [2.75, 3.05) is 26.4 Å². The van der Waals surface area contributed by atoms with Gasteiger partial charge in [-0.25, -0.2) is 0 Å². The second-order valence-electron chi connectivity index (χ2n) is 25.7. The maximum Gasteiger partial charge on any atom is 0.220 e. The molecule has 17 atom stereocenters. The largest absolute Gasteiger partial charge is 0.394 e. The molecule has 3 aliphatic heterocycles. The molecule has 3 saturated heterocycles. The third-order valence-corrected chi connectivity index (χ3v) is 17.9. The van der Waals surface area contributed by atoms with Gasteiger partial charge in [0.15, 0.2) is 18.9 Å². The number of nitrogens with one attached hydrogen (secondary N) is 1. The topological polar surface area (TPSA) is 307 Å². The molecule has 1 amide bonds. The Morgan fingerprint density at radius 3 is 1.19 bits per heavy atom. The molecule has 0 aromatic rings. The Kier molecular flexibility index (Phi) is 48.7. The van der Waals surface area contributed by atoms with Gasteiger partial charge in [0.25, 0.3) is 0 Å². The highest BCUT2D eigenvalue weighted by atomic mass is 16.8. The molecule has 0 aromatic carbocycles. The minimum Gasteiger partial charge on any atom is -0.394 e. The van der Waals surface area contributed by atoms with Gasteiger partial charge in [-0.05, 0) is 57.8 Å². The number of carbonyl (C=O) groups is 1. The predicted molar refractivity (Wildman–Crippen MR) is 355 cm³/mol. The number of allylic oxidation sites excluding steroid dienone is 10. The Hall–Kier alpha value is -2.51. The number of aliphatic hydroxyl groups excluding tert-OH is 11. The summed E-state index contributed by atoms with van der Waals surface area (Å²) in [5.74, 6) is -0.243. The van der Waals surface area contributed by atoms with E-state index in [1.165, 1.54) is 148 Å². The lowest BCUT2D eigenvalue weighted by molar-refractivity contribution is -0.379. The van der Waals surface area contributed by atoms with Crippen LogP contribution in [0.4, 0.5) is 0 Å². The summed E-state index contributed by atoms with van der Waals surface area (Å²) in [6.07, 6.45) is 38.7. The smallest absolute Gasteiger partial charge is 0.220 e. The molecule has 91 heavy (non-hydrogen) atoms. The molecule has 0 spiro atoms. The van der Waals surface area contributed by atoms with Gasteiger partial charge in [-0.2, -0.15) is 0 Å². The number of hydrogen-bond acceptors (Lipinski definition) is 18. The van der Waals surface area contributed by atoms with Crippen LogP contribution in [0.1, 0.15) is 258 Å². The Bertz CT molecular complexity index is 1890. The fourth-order valence-electron chi connectivity index (χ4n) is 12.0. The van der Waals surface area contributed by atoms with Crippen molar-refractivity contribution < 1.29 is 89.4 Å². The van der Waals surface area contributed by atoms with Gasteiger partial charge in [-0.1, -0.05) is 254 Å². The van der Waals surface area contributed by atoms with Crippen molar-refractivity contribution in [2.45, 2.75) is 362 Å². The third kappa shape index (κ3) is 35.4. The molecule has 3 rings (SSSR count). The van der Waals surface area contributed by atoms with Crippen LogP contribution in [0.2, 0.25) is 0 Å². The quantitative estimate of drug-likeness (QED) is 0.0199. The van der Waals surface area contributed by atoms with Crippen LogP contribution in [0.15, 0.2) is 60.8 Å². The Labute approximate surface area is 547 Å². The molecule has 19 heteroatoms. The molecule has 0 bridgehead atoms. The van der Waals surface area contributed by atoms with Crippen LogP contribution < -0.4 is 5.32 Å². The first-order valence-electron chi connectivity index (χ1n) is 36.0. The summed E-state index contributed by atoms with van der Waals surface area (Å²) < 4.78 is 34.4. The maximum atomic E-state index is 13.4. The fourth-order valence-corrected chi connectivity index (χ4v) is 12.0. The lowest BCUT2D eigenvalue weighted by atomic mass is 9.96. The van der Waals surface area contributed by atoms with Gasteiger partial charge < -0.3 is 89.9 Å². The normalized spacial score (nSPS) is 28.2. The van der Waals surface area contributed by atoms with Crippen LogP contribution in [0.3, 0.4) is 0 Å². The van der Waals surface area contributed by atoms with Crippen molar-refractivity contribution in [1.82, 2.24) is 5.32 Å². The van der Waals surface area contributed by atoms with E-state index in [1.54, 1.807) is 0 Å². The van der Waals surface area contributed by atoms with E-state index in [0.717, 1.165) is 77.0 Å². The minimum atomic E-state index is -1.97. The first kappa shape index (κ1) is 82.7. The Morgan fingerprint density at radius 1 is 0.407 bits per heavy atom.